The first-order chi connectivity index (χ1) is 13.7. The second kappa shape index (κ2) is 13.4. The molecule has 1 heterocycles. The van der Waals surface area contributed by atoms with Crippen LogP contribution in [0.1, 0.15) is 90.5 Å². The maximum absolute atomic E-state index is 6.06. The van der Waals surface area contributed by atoms with Crippen molar-refractivity contribution in [2.45, 2.75) is 97.5 Å². The summed E-state index contributed by atoms with van der Waals surface area (Å²) in [4.78, 5) is 4.67. The Labute approximate surface area is 172 Å². The summed E-state index contributed by atoms with van der Waals surface area (Å²) >= 11 is 0. The Morgan fingerprint density at radius 1 is 0.786 bits per heavy atom. The van der Waals surface area contributed by atoms with Gasteiger partial charge in [0.2, 0.25) is 0 Å². The van der Waals surface area contributed by atoms with Crippen molar-refractivity contribution in [3.05, 3.63) is 48.2 Å². The molecule has 2 heteroatoms. The van der Waals surface area contributed by atoms with Gasteiger partial charge in [0.1, 0.15) is 5.75 Å². The molecule has 0 radical (unpaired) electrons. The smallest absolute Gasteiger partial charge is 0.119 e. The van der Waals surface area contributed by atoms with E-state index in [4.69, 9.17) is 4.74 Å². The lowest BCUT2D eigenvalue weighted by molar-refractivity contribution is 0.206. The Morgan fingerprint density at radius 3 is 2.11 bits per heavy atom. The minimum absolute atomic E-state index is 0.275. The van der Waals surface area contributed by atoms with Crippen molar-refractivity contribution < 1.29 is 4.74 Å². The monoisotopic (exact) mass is 381 g/mol. The predicted molar refractivity (Wildman–Crippen MR) is 121 cm³/mol. The zero-order valence-corrected chi connectivity index (χ0v) is 18.3. The van der Waals surface area contributed by atoms with E-state index in [0.29, 0.717) is 0 Å². The van der Waals surface area contributed by atoms with Gasteiger partial charge in [0.05, 0.1) is 11.8 Å². The van der Waals surface area contributed by atoms with Crippen molar-refractivity contribution in [1.29, 1.82) is 0 Å². The third-order valence-corrected chi connectivity index (χ3v) is 5.35. The highest BCUT2D eigenvalue weighted by Crippen LogP contribution is 2.23. The highest BCUT2D eigenvalue weighted by atomic mass is 16.5. The normalized spacial score (nSPS) is 12.1. The van der Waals surface area contributed by atoms with Crippen LogP contribution in [0.5, 0.6) is 5.75 Å². The predicted octanol–water partition coefficient (Wildman–Crippen LogP) is 8.00. The Morgan fingerprint density at radius 2 is 1.46 bits per heavy atom. The van der Waals surface area contributed by atoms with Gasteiger partial charge in [-0.3, -0.25) is 4.98 Å². The molecule has 154 valence electrons. The van der Waals surface area contributed by atoms with Crippen molar-refractivity contribution >= 4 is 0 Å². The third-order valence-electron chi connectivity index (χ3n) is 5.35. The largest absolute Gasteiger partial charge is 0.491 e. The Bertz CT molecular complexity index is 632. The van der Waals surface area contributed by atoms with Gasteiger partial charge in [0.15, 0.2) is 0 Å². The van der Waals surface area contributed by atoms with Gasteiger partial charge >= 0.3 is 0 Å². The van der Waals surface area contributed by atoms with E-state index in [1.54, 1.807) is 0 Å². The molecular weight excluding hydrogens is 342 g/mol. The van der Waals surface area contributed by atoms with E-state index in [9.17, 15) is 0 Å². The average Bonchev–Trinajstić information content (AvgIpc) is 2.72. The molecule has 0 spiro atoms. The number of rotatable bonds is 14. The molecule has 0 fully saturated rings. The maximum Gasteiger partial charge on any atom is 0.119 e. The molecule has 2 nitrogen and oxygen atoms in total. The van der Waals surface area contributed by atoms with E-state index in [1.807, 2.05) is 6.20 Å². The first-order valence-corrected chi connectivity index (χ1v) is 11.4. The van der Waals surface area contributed by atoms with Crippen LogP contribution in [0.3, 0.4) is 0 Å². The number of benzene rings is 1. The fourth-order valence-electron chi connectivity index (χ4n) is 3.53. The summed E-state index contributed by atoms with van der Waals surface area (Å²) in [7, 11) is 0. The molecular formula is C26H39NO. The van der Waals surface area contributed by atoms with Gasteiger partial charge < -0.3 is 4.74 Å². The van der Waals surface area contributed by atoms with Crippen molar-refractivity contribution in [2.24, 2.45) is 0 Å². The number of aromatic nitrogens is 1. The van der Waals surface area contributed by atoms with Crippen LogP contribution in [0.15, 0.2) is 42.6 Å². The molecule has 1 unspecified atom stereocenters. The molecule has 28 heavy (non-hydrogen) atoms. The van der Waals surface area contributed by atoms with Gasteiger partial charge in [-0.05, 0) is 68.5 Å². The van der Waals surface area contributed by atoms with Crippen LogP contribution in [0.2, 0.25) is 0 Å². The molecule has 0 amide bonds. The zero-order valence-electron chi connectivity index (χ0n) is 18.3. The molecule has 0 bridgehead atoms. The van der Waals surface area contributed by atoms with E-state index in [1.165, 1.54) is 63.4 Å². The summed E-state index contributed by atoms with van der Waals surface area (Å²) in [5, 5.41) is 0. The lowest BCUT2D eigenvalue weighted by Gasteiger charge is -2.15. The van der Waals surface area contributed by atoms with Crippen molar-refractivity contribution in [3.63, 3.8) is 0 Å². The minimum Gasteiger partial charge on any atom is -0.491 e. The van der Waals surface area contributed by atoms with E-state index in [2.05, 4.69) is 62.2 Å². The Balaban J connectivity index is 1.79. The van der Waals surface area contributed by atoms with Crippen LogP contribution in [-0.2, 0) is 6.42 Å². The topological polar surface area (TPSA) is 22.1 Å². The number of hydrogen-bond donors (Lipinski definition) is 0. The number of pyridine rings is 1. The van der Waals surface area contributed by atoms with Crippen LogP contribution >= 0.6 is 0 Å². The zero-order chi connectivity index (χ0) is 20.0. The SMILES string of the molecule is CCCCCCCc1ccc(-c2ccc(OC(C)CCCCCC)cc2)nc1. The minimum atomic E-state index is 0.275. The number of unbranched alkanes of at least 4 members (excludes halogenated alkanes) is 7. The number of nitrogens with zero attached hydrogens (tertiary/aromatic N) is 1. The molecule has 2 rings (SSSR count). The average molecular weight is 382 g/mol. The van der Waals surface area contributed by atoms with E-state index in [-0.39, 0.29) is 6.10 Å². The summed E-state index contributed by atoms with van der Waals surface area (Å²) in [5.74, 6) is 0.954. The standard InChI is InChI=1S/C26H39NO/c1-4-6-8-10-12-14-23-15-20-26(27-21-23)24-16-18-25(19-17-24)28-22(3)13-11-9-7-5-2/h15-22H,4-14H2,1-3H3. The van der Waals surface area contributed by atoms with Gasteiger partial charge in [-0.15, -0.1) is 0 Å². The summed E-state index contributed by atoms with van der Waals surface area (Å²) in [6, 6.07) is 12.7. The van der Waals surface area contributed by atoms with Crippen LogP contribution in [0, 0.1) is 0 Å². The first-order valence-electron chi connectivity index (χ1n) is 11.4. The van der Waals surface area contributed by atoms with Gasteiger partial charge in [-0.25, -0.2) is 0 Å². The second-order valence-electron chi connectivity index (χ2n) is 8.02. The molecule has 0 aliphatic rings. The summed E-state index contributed by atoms with van der Waals surface area (Å²) in [5.41, 5.74) is 3.53. The van der Waals surface area contributed by atoms with Gasteiger partial charge in [0.25, 0.3) is 0 Å². The lowest BCUT2D eigenvalue weighted by Crippen LogP contribution is -2.11. The Kier molecular flexibility index (Phi) is 10.7. The number of hydrogen-bond acceptors (Lipinski definition) is 2. The van der Waals surface area contributed by atoms with Crippen LogP contribution in [0.25, 0.3) is 11.3 Å². The third kappa shape index (κ3) is 8.46. The van der Waals surface area contributed by atoms with E-state index < -0.39 is 0 Å². The van der Waals surface area contributed by atoms with E-state index in [0.717, 1.165) is 29.8 Å². The fourth-order valence-corrected chi connectivity index (χ4v) is 3.53. The second-order valence-corrected chi connectivity index (χ2v) is 8.02. The molecule has 0 aliphatic carbocycles. The molecule has 0 aliphatic heterocycles. The molecule has 0 saturated heterocycles. The maximum atomic E-state index is 6.06. The summed E-state index contributed by atoms with van der Waals surface area (Å²) in [6.45, 7) is 6.68. The van der Waals surface area contributed by atoms with Crippen LogP contribution < -0.4 is 4.74 Å². The van der Waals surface area contributed by atoms with E-state index >= 15 is 0 Å². The molecule has 1 aromatic carbocycles. The molecule has 0 N–H and O–H groups in total. The van der Waals surface area contributed by atoms with Gasteiger partial charge in [0, 0.05) is 11.8 Å². The highest BCUT2D eigenvalue weighted by Gasteiger charge is 2.05. The summed E-state index contributed by atoms with van der Waals surface area (Å²) < 4.78 is 6.06. The van der Waals surface area contributed by atoms with Crippen molar-refractivity contribution in [3.8, 4) is 17.0 Å². The number of ether oxygens (including phenoxy) is 1. The van der Waals surface area contributed by atoms with Gasteiger partial charge in [-0.1, -0.05) is 64.9 Å². The van der Waals surface area contributed by atoms with Crippen molar-refractivity contribution in [2.75, 3.05) is 0 Å². The number of aryl methyl sites for hydroxylation is 1. The highest BCUT2D eigenvalue weighted by molar-refractivity contribution is 5.60. The first kappa shape index (κ1) is 22.5. The lowest BCUT2D eigenvalue weighted by atomic mass is 10.1. The van der Waals surface area contributed by atoms with Gasteiger partial charge in [-0.2, -0.15) is 0 Å². The molecule has 1 atom stereocenters. The molecule has 1 aromatic heterocycles. The molecule has 2 aromatic rings. The fraction of sp³-hybridized carbons (Fsp3) is 0.577. The summed E-state index contributed by atoms with van der Waals surface area (Å²) in [6.07, 6.45) is 16.4. The van der Waals surface area contributed by atoms with Crippen LogP contribution in [-0.4, -0.2) is 11.1 Å². The quantitative estimate of drug-likeness (QED) is 0.309. The Hall–Kier alpha value is -1.83. The van der Waals surface area contributed by atoms with Crippen molar-refractivity contribution in [1.82, 2.24) is 4.98 Å². The van der Waals surface area contributed by atoms with Crippen LogP contribution in [0.4, 0.5) is 0 Å². The molecule has 0 saturated carbocycles.